The average molecular weight is 332 g/mol. The van der Waals surface area contributed by atoms with Crippen LogP contribution in [0.15, 0.2) is 40.1 Å². The SMILES string of the molecule is CCNC(=NCc1ccc(OC)nc1)NCC(C)c1ccsc1. The Bertz CT molecular complexity index is 596. The number of aliphatic imine (C=N–C) groups is 1. The molecule has 0 bridgehead atoms. The molecule has 2 aromatic heterocycles. The summed E-state index contributed by atoms with van der Waals surface area (Å²) in [5.41, 5.74) is 2.41. The van der Waals surface area contributed by atoms with E-state index in [0.717, 1.165) is 24.6 Å². The first kappa shape index (κ1) is 17.3. The molecule has 0 aromatic carbocycles. The maximum absolute atomic E-state index is 5.06. The molecule has 2 N–H and O–H groups in total. The molecule has 2 heterocycles. The second kappa shape index (κ2) is 9.15. The van der Waals surface area contributed by atoms with Crippen molar-refractivity contribution in [2.24, 2.45) is 4.99 Å². The van der Waals surface area contributed by atoms with Crippen molar-refractivity contribution in [1.82, 2.24) is 15.6 Å². The van der Waals surface area contributed by atoms with Gasteiger partial charge in [0.2, 0.25) is 5.88 Å². The third-order valence-corrected chi connectivity index (χ3v) is 4.16. The highest BCUT2D eigenvalue weighted by atomic mass is 32.1. The van der Waals surface area contributed by atoms with Crippen LogP contribution < -0.4 is 15.4 Å². The molecule has 5 nitrogen and oxygen atoms in total. The number of guanidine groups is 1. The van der Waals surface area contributed by atoms with Gasteiger partial charge in [0, 0.05) is 25.4 Å². The van der Waals surface area contributed by atoms with Crippen LogP contribution in [0.2, 0.25) is 0 Å². The number of hydrogen-bond donors (Lipinski definition) is 2. The first-order valence-corrected chi connectivity index (χ1v) is 8.70. The lowest BCUT2D eigenvalue weighted by Gasteiger charge is -2.15. The number of rotatable bonds is 7. The molecule has 1 atom stereocenters. The Morgan fingerprint density at radius 3 is 2.83 bits per heavy atom. The van der Waals surface area contributed by atoms with Crippen molar-refractivity contribution in [2.75, 3.05) is 20.2 Å². The molecule has 0 aliphatic carbocycles. The van der Waals surface area contributed by atoms with E-state index in [-0.39, 0.29) is 0 Å². The van der Waals surface area contributed by atoms with Gasteiger partial charge in [0.1, 0.15) is 0 Å². The number of ether oxygens (including phenoxy) is 1. The van der Waals surface area contributed by atoms with Crippen molar-refractivity contribution in [1.29, 1.82) is 0 Å². The van der Waals surface area contributed by atoms with E-state index >= 15 is 0 Å². The molecule has 2 aromatic rings. The number of nitrogens with one attached hydrogen (secondary N) is 2. The van der Waals surface area contributed by atoms with Crippen LogP contribution in [-0.2, 0) is 6.54 Å². The van der Waals surface area contributed by atoms with Crippen LogP contribution in [0.25, 0.3) is 0 Å². The molecule has 124 valence electrons. The Morgan fingerprint density at radius 2 is 2.22 bits per heavy atom. The molecule has 0 spiro atoms. The maximum atomic E-state index is 5.06. The van der Waals surface area contributed by atoms with E-state index < -0.39 is 0 Å². The highest BCUT2D eigenvalue weighted by Crippen LogP contribution is 2.17. The van der Waals surface area contributed by atoms with E-state index in [1.165, 1.54) is 5.56 Å². The Morgan fingerprint density at radius 1 is 1.35 bits per heavy atom. The minimum atomic E-state index is 0.452. The molecule has 2 rings (SSSR count). The van der Waals surface area contributed by atoms with Crippen LogP contribution >= 0.6 is 11.3 Å². The van der Waals surface area contributed by atoms with Gasteiger partial charge in [0.15, 0.2) is 5.96 Å². The van der Waals surface area contributed by atoms with Gasteiger partial charge < -0.3 is 15.4 Å². The van der Waals surface area contributed by atoms with Gasteiger partial charge in [-0.05, 0) is 40.8 Å². The fourth-order valence-corrected chi connectivity index (χ4v) is 2.84. The van der Waals surface area contributed by atoms with Crippen LogP contribution in [-0.4, -0.2) is 31.1 Å². The summed E-state index contributed by atoms with van der Waals surface area (Å²) in [6.07, 6.45) is 1.79. The van der Waals surface area contributed by atoms with E-state index in [0.29, 0.717) is 18.3 Å². The van der Waals surface area contributed by atoms with Crippen LogP contribution in [0, 0.1) is 0 Å². The highest BCUT2D eigenvalue weighted by molar-refractivity contribution is 7.07. The normalized spacial score (nSPS) is 12.7. The first-order valence-electron chi connectivity index (χ1n) is 7.76. The fraction of sp³-hybridized carbons (Fsp3) is 0.412. The highest BCUT2D eigenvalue weighted by Gasteiger charge is 2.07. The number of methoxy groups -OCH3 is 1. The molecule has 0 aliphatic heterocycles. The lowest BCUT2D eigenvalue weighted by atomic mass is 10.1. The van der Waals surface area contributed by atoms with E-state index in [1.807, 2.05) is 12.1 Å². The second-order valence-electron chi connectivity index (χ2n) is 5.24. The maximum Gasteiger partial charge on any atom is 0.212 e. The van der Waals surface area contributed by atoms with Gasteiger partial charge >= 0.3 is 0 Å². The third kappa shape index (κ3) is 5.56. The van der Waals surface area contributed by atoms with Crippen LogP contribution in [0.5, 0.6) is 5.88 Å². The summed E-state index contributed by atoms with van der Waals surface area (Å²) in [6, 6.07) is 6.00. The van der Waals surface area contributed by atoms with Crippen LogP contribution in [0.3, 0.4) is 0 Å². The van der Waals surface area contributed by atoms with Gasteiger partial charge in [0.25, 0.3) is 0 Å². The minimum absolute atomic E-state index is 0.452. The summed E-state index contributed by atoms with van der Waals surface area (Å²) in [5.74, 6) is 1.89. The molecule has 6 heteroatoms. The minimum Gasteiger partial charge on any atom is -0.481 e. The molecule has 0 amide bonds. The lowest BCUT2D eigenvalue weighted by Crippen LogP contribution is -2.39. The summed E-state index contributed by atoms with van der Waals surface area (Å²) in [4.78, 5) is 8.81. The van der Waals surface area contributed by atoms with Crippen molar-refractivity contribution in [3.05, 3.63) is 46.3 Å². The van der Waals surface area contributed by atoms with E-state index in [2.05, 4.69) is 51.3 Å². The van der Waals surface area contributed by atoms with Crippen molar-refractivity contribution < 1.29 is 4.74 Å². The zero-order valence-electron chi connectivity index (χ0n) is 13.9. The van der Waals surface area contributed by atoms with E-state index in [1.54, 1.807) is 24.6 Å². The van der Waals surface area contributed by atoms with Crippen LogP contribution in [0.1, 0.15) is 30.9 Å². The third-order valence-electron chi connectivity index (χ3n) is 3.46. The second-order valence-corrected chi connectivity index (χ2v) is 6.02. The summed E-state index contributed by atoms with van der Waals surface area (Å²) in [5, 5.41) is 11.0. The van der Waals surface area contributed by atoms with Crippen molar-refractivity contribution >= 4 is 17.3 Å². The van der Waals surface area contributed by atoms with Crippen molar-refractivity contribution in [3.8, 4) is 5.88 Å². The molecule has 0 saturated heterocycles. The summed E-state index contributed by atoms with van der Waals surface area (Å²) < 4.78 is 5.06. The zero-order valence-corrected chi connectivity index (χ0v) is 14.7. The molecule has 0 radical (unpaired) electrons. The van der Waals surface area contributed by atoms with Crippen molar-refractivity contribution in [3.63, 3.8) is 0 Å². The van der Waals surface area contributed by atoms with Gasteiger partial charge in [0.05, 0.1) is 13.7 Å². The molecular weight excluding hydrogens is 308 g/mol. The van der Waals surface area contributed by atoms with Gasteiger partial charge in [-0.25, -0.2) is 9.98 Å². The molecule has 23 heavy (non-hydrogen) atoms. The summed E-state index contributed by atoms with van der Waals surface area (Å²) in [7, 11) is 1.61. The Hall–Kier alpha value is -2.08. The molecule has 0 fully saturated rings. The first-order chi connectivity index (χ1) is 11.2. The number of nitrogens with zero attached hydrogens (tertiary/aromatic N) is 2. The monoisotopic (exact) mass is 332 g/mol. The molecule has 1 unspecified atom stereocenters. The van der Waals surface area contributed by atoms with E-state index in [9.17, 15) is 0 Å². The standard InChI is InChI=1S/C17H24N4OS/c1-4-18-17(20-9-13(2)15-7-8-23-12-15)21-11-14-5-6-16(22-3)19-10-14/h5-8,10,12-13H,4,9,11H2,1-3H3,(H2,18,20,21). The Labute approximate surface area is 141 Å². The number of aromatic nitrogens is 1. The molecule has 0 aliphatic rings. The summed E-state index contributed by atoms with van der Waals surface area (Å²) >= 11 is 1.73. The molecule has 0 saturated carbocycles. The summed E-state index contributed by atoms with van der Waals surface area (Å²) in [6.45, 7) is 6.54. The quantitative estimate of drug-likeness (QED) is 0.604. The fourth-order valence-electron chi connectivity index (χ4n) is 2.06. The van der Waals surface area contributed by atoms with Gasteiger partial charge in [-0.2, -0.15) is 11.3 Å². The number of pyridine rings is 1. The molecular formula is C17H24N4OS. The predicted molar refractivity (Wildman–Crippen MR) is 96.3 cm³/mol. The average Bonchev–Trinajstić information content (AvgIpc) is 3.12. The van der Waals surface area contributed by atoms with Crippen molar-refractivity contribution in [2.45, 2.75) is 26.3 Å². The zero-order chi connectivity index (χ0) is 16.5. The Balaban J connectivity index is 1.90. The van der Waals surface area contributed by atoms with Gasteiger partial charge in [-0.3, -0.25) is 0 Å². The van der Waals surface area contributed by atoms with Gasteiger partial charge in [-0.1, -0.05) is 13.0 Å². The lowest BCUT2D eigenvalue weighted by molar-refractivity contribution is 0.397. The van der Waals surface area contributed by atoms with Gasteiger partial charge in [-0.15, -0.1) is 0 Å². The number of thiophene rings is 1. The van der Waals surface area contributed by atoms with Crippen LogP contribution in [0.4, 0.5) is 0 Å². The topological polar surface area (TPSA) is 58.5 Å². The smallest absolute Gasteiger partial charge is 0.212 e. The largest absolute Gasteiger partial charge is 0.481 e. The number of hydrogen-bond acceptors (Lipinski definition) is 4. The predicted octanol–water partition coefficient (Wildman–Crippen LogP) is 3.01. The Kier molecular flexibility index (Phi) is 6.87. The van der Waals surface area contributed by atoms with E-state index in [4.69, 9.17) is 4.74 Å².